The third-order valence-electron chi connectivity index (χ3n) is 4.48. The SMILES string of the molecule is CS(=O)(=O)N1C[C@H]2[C@@H](CCOc3ccc(C#N)cn3)CO[C@H]2C1. The average Bonchev–Trinajstić information content (AvgIpc) is 3.09. The maximum atomic E-state index is 11.6. The zero-order valence-electron chi connectivity index (χ0n) is 12.9. The number of hydrogen-bond donors (Lipinski definition) is 0. The molecule has 0 aliphatic carbocycles. The van der Waals surface area contributed by atoms with Gasteiger partial charge in [-0.25, -0.2) is 13.4 Å². The van der Waals surface area contributed by atoms with Gasteiger partial charge in [0.25, 0.3) is 0 Å². The number of pyridine rings is 1. The molecule has 7 nitrogen and oxygen atoms in total. The molecule has 0 N–H and O–H groups in total. The zero-order chi connectivity index (χ0) is 16.4. The summed E-state index contributed by atoms with van der Waals surface area (Å²) in [5.41, 5.74) is 0.496. The zero-order valence-corrected chi connectivity index (χ0v) is 13.7. The van der Waals surface area contributed by atoms with E-state index in [1.54, 1.807) is 12.1 Å². The molecule has 3 heterocycles. The molecule has 0 bridgehead atoms. The third kappa shape index (κ3) is 3.63. The summed E-state index contributed by atoms with van der Waals surface area (Å²) < 4.78 is 36.1. The summed E-state index contributed by atoms with van der Waals surface area (Å²) in [6.45, 7) is 2.13. The van der Waals surface area contributed by atoms with Crippen molar-refractivity contribution in [2.45, 2.75) is 12.5 Å². The molecule has 0 amide bonds. The first-order valence-corrected chi connectivity index (χ1v) is 9.38. The fourth-order valence-electron chi connectivity index (χ4n) is 3.18. The lowest BCUT2D eigenvalue weighted by Crippen LogP contribution is -2.30. The van der Waals surface area contributed by atoms with Gasteiger partial charge in [-0.15, -0.1) is 0 Å². The second-order valence-corrected chi connectivity index (χ2v) is 7.99. The van der Waals surface area contributed by atoms with Crippen molar-refractivity contribution in [1.82, 2.24) is 9.29 Å². The lowest BCUT2D eigenvalue weighted by atomic mass is 9.91. The second kappa shape index (κ2) is 6.43. The molecule has 2 saturated heterocycles. The van der Waals surface area contributed by atoms with Crippen LogP contribution in [0.1, 0.15) is 12.0 Å². The molecule has 0 spiro atoms. The van der Waals surface area contributed by atoms with Gasteiger partial charge in [0.2, 0.25) is 15.9 Å². The molecular formula is C15H19N3O4S. The van der Waals surface area contributed by atoms with Gasteiger partial charge in [-0.1, -0.05) is 0 Å². The highest BCUT2D eigenvalue weighted by atomic mass is 32.2. The molecule has 0 saturated carbocycles. The van der Waals surface area contributed by atoms with E-state index in [-0.39, 0.29) is 12.0 Å². The van der Waals surface area contributed by atoms with Crippen LogP contribution in [0.5, 0.6) is 5.88 Å². The molecule has 0 unspecified atom stereocenters. The van der Waals surface area contributed by atoms with Crippen LogP contribution in [0.15, 0.2) is 18.3 Å². The topological polar surface area (TPSA) is 92.5 Å². The molecule has 3 rings (SSSR count). The number of fused-ring (bicyclic) bond motifs is 1. The quantitative estimate of drug-likeness (QED) is 0.782. The standard InChI is InChI=1S/C15H19N3O4S/c1-23(19,20)18-8-13-12(10-22-14(13)9-18)4-5-21-15-3-2-11(6-16)7-17-15/h2-3,7,12-14H,4-5,8-10H2,1H3/t12-,13-,14-/m0/s1. The van der Waals surface area contributed by atoms with Crippen LogP contribution in [0.25, 0.3) is 0 Å². The van der Waals surface area contributed by atoms with Crippen molar-refractivity contribution in [2.24, 2.45) is 11.8 Å². The van der Waals surface area contributed by atoms with Gasteiger partial charge in [0, 0.05) is 31.3 Å². The van der Waals surface area contributed by atoms with Gasteiger partial charge in [-0.3, -0.25) is 0 Å². The summed E-state index contributed by atoms with van der Waals surface area (Å²) in [4.78, 5) is 4.06. The van der Waals surface area contributed by atoms with Crippen molar-refractivity contribution < 1.29 is 17.9 Å². The van der Waals surface area contributed by atoms with Gasteiger partial charge >= 0.3 is 0 Å². The Morgan fingerprint density at radius 2 is 2.30 bits per heavy atom. The van der Waals surface area contributed by atoms with Crippen molar-refractivity contribution in [1.29, 1.82) is 5.26 Å². The van der Waals surface area contributed by atoms with E-state index in [0.717, 1.165) is 6.42 Å². The first-order chi connectivity index (χ1) is 11.0. The molecule has 124 valence electrons. The number of hydrogen-bond acceptors (Lipinski definition) is 6. The van der Waals surface area contributed by atoms with Gasteiger partial charge in [-0.2, -0.15) is 9.57 Å². The lowest BCUT2D eigenvalue weighted by Gasteiger charge is -2.18. The molecule has 8 heteroatoms. The van der Waals surface area contributed by atoms with Gasteiger partial charge in [0.15, 0.2) is 0 Å². The van der Waals surface area contributed by atoms with E-state index < -0.39 is 10.0 Å². The normalized spacial score (nSPS) is 27.6. The van der Waals surface area contributed by atoms with E-state index in [2.05, 4.69) is 4.98 Å². The summed E-state index contributed by atoms with van der Waals surface area (Å²) in [7, 11) is -3.15. The summed E-state index contributed by atoms with van der Waals surface area (Å²) in [5, 5.41) is 8.72. The predicted octanol–water partition coefficient (Wildman–Crippen LogP) is 0.629. The largest absolute Gasteiger partial charge is 0.478 e. The molecule has 3 atom stereocenters. The monoisotopic (exact) mass is 337 g/mol. The number of aromatic nitrogens is 1. The minimum atomic E-state index is -3.15. The first-order valence-electron chi connectivity index (χ1n) is 7.53. The fraction of sp³-hybridized carbons (Fsp3) is 0.600. The van der Waals surface area contributed by atoms with Crippen molar-refractivity contribution >= 4 is 10.0 Å². The molecule has 0 aromatic carbocycles. The number of ether oxygens (including phenoxy) is 2. The maximum Gasteiger partial charge on any atom is 0.213 e. The summed E-state index contributed by atoms with van der Waals surface area (Å²) >= 11 is 0. The van der Waals surface area contributed by atoms with Crippen LogP contribution in [0.2, 0.25) is 0 Å². The molecule has 1 aromatic heterocycles. The Labute approximate surface area is 135 Å². The number of nitriles is 1. The van der Waals surface area contributed by atoms with Crippen molar-refractivity contribution in [3.05, 3.63) is 23.9 Å². The smallest absolute Gasteiger partial charge is 0.213 e. The third-order valence-corrected chi connectivity index (χ3v) is 5.71. The van der Waals surface area contributed by atoms with Crippen molar-refractivity contribution in [3.63, 3.8) is 0 Å². The minimum Gasteiger partial charge on any atom is -0.478 e. The van der Waals surface area contributed by atoms with Crippen LogP contribution in [-0.4, -0.2) is 56.4 Å². The van der Waals surface area contributed by atoms with Crippen LogP contribution in [0, 0.1) is 23.2 Å². The molecule has 2 aliphatic rings. The average molecular weight is 337 g/mol. The van der Waals surface area contributed by atoms with E-state index in [4.69, 9.17) is 14.7 Å². The van der Waals surface area contributed by atoms with Crippen molar-refractivity contribution in [2.75, 3.05) is 32.6 Å². The number of rotatable bonds is 5. The van der Waals surface area contributed by atoms with Crippen LogP contribution in [0.4, 0.5) is 0 Å². The molecule has 2 fully saturated rings. The van der Waals surface area contributed by atoms with Gasteiger partial charge in [0.1, 0.15) is 6.07 Å². The fourth-order valence-corrected chi connectivity index (χ4v) is 4.04. The van der Waals surface area contributed by atoms with E-state index >= 15 is 0 Å². The lowest BCUT2D eigenvalue weighted by molar-refractivity contribution is 0.102. The highest BCUT2D eigenvalue weighted by molar-refractivity contribution is 7.88. The summed E-state index contributed by atoms with van der Waals surface area (Å²) in [6, 6.07) is 5.35. The van der Waals surface area contributed by atoms with Crippen LogP contribution in [0.3, 0.4) is 0 Å². The Hall–Kier alpha value is -1.69. The highest BCUT2D eigenvalue weighted by Gasteiger charge is 2.45. The van der Waals surface area contributed by atoms with Crippen LogP contribution in [-0.2, 0) is 14.8 Å². The molecule has 23 heavy (non-hydrogen) atoms. The Kier molecular flexibility index (Phi) is 4.53. The highest BCUT2D eigenvalue weighted by Crippen LogP contribution is 2.36. The number of sulfonamides is 1. The Balaban J connectivity index is 1.50. The summed E-state index contributed by atoms with van der Waals surface area (Å²) in [5.74, 6) is 1.02. The molecule has 0 radical (unpaired) electrons. The first kappa shape index (κ1) is 16.2. The summed E-state index contributed by atoms with van der Waals surface area (Å²) in [6.07, 6.45) is 3.51. The Morgan fingerprint density at radius 3 is 2.96 bits per heavy atom. The van der Waals surface area contributed by atoms with Gasteiger partial charge in [-0.05, 0) is 18.4 Å². The molecular weight excluding hydrogens is 318 g/mol. The van der Waals surface area contributed by atoms with Crippen molar-refractivity contribution in [3.8, 4) is 11.9 Å². The minimum absolute atomic E-state index is 0.00256. The molecule has 2 aliphatic heterocycles. The maximum absolute atomic E-state index is 11.6. The van der Waals surface area contributed by atoms with Crippen LogP contribution < -0.4 is 4.74 Å². The second-order valence-electron chi connectivity index (χ2n) is 6.01. The number of nitrogens with zero attached hydrogens (tertiary/aromatic N) is 3. The van der Waals surface area contributed by atoms with E-state index in [1.165, 1.54) is 16.8 Å². The van der Waals surface area contributed by atoms with E-state index in [0.29, 0.717) is 43.7 Å². The predicted molar refractivity (Wildman–Crippen MR) is 82.2 cm³/mol. The van der Waals surface area contributed by atoms with Gasteiger partial charge in [0.05, 0.1) is 31.1 Å². The van der Waals surface area contributed by atoms with Crippen LogP contribution >= 0.6 is 0 Å². The Morgan fingerprint density at radius 1 is 1.48 bits per heavy atom. The van der Waals surface area contributed by atoms with E-state index in [1.807, 2.05) is 6.07 Å². The van der Waals surface area contributed by atoms with E-state index in [9.17, 15) is 8.42 Å². The molecule has 1 aromatic rings. The van der Waals surface area contributed by atoms with Gasteiger partial charge < -0.3 is 9.47 Å². The Bertz CT molecular complexity index is 698.